The third kappa shape index (κ3) is 4.65. The van der Waals surface area contributed by atoms with E-state index in [1.165, 1.54) is 16.8 Å². The molecule has 2 heterocycles. The second-order valence-corrected chi connectivity index (χ2v) is 6.60. The highest BCUT2D eigenvalue weighted by molar-refractivity contribution is 5.91. The number of amides is 1. The van der Waals surface area contributed by atoms with Crippen molar-refractivity contribution in [2.45, 2.75) is 38.2 Å². The summed E-state index contributed by atoms with van der Waals surface area (Å²) >= 11 is 0. The number of aryl methyl sites for hydroxylation is 1. The number of aliphatic hydroxyl groups is 1. The van der Waals surface area contributed by atoms with Gasteiger partial charge in [0.15, 0.2) is 0 Å². The average Bonchev–Trinajstić information content (AvgIpc) is 3.06. The molecule has 1 aliphatic rings. The monoisotopic (exact) mass is 385 g/mol. The zero-order valence-corrected chi connectivity index (χ0v) is 15.5. The Labute approximate surface area is 161 Å². The SMILES string of the molecule is CCc1cn([C@@H]2CC(O)[C@H](CNC(=O)C=Cc3ccccc3)O2)c(=O)[nH]c1=O. The number of aliphatic hydroxyl groups excluding tert-OH is 1. The van der Waals surface area contributed by atoms with E-state index in [1.807, 2.05) is 37.3 Å². The fourth-order valence-electron chi connectivity index (χ4n) is 3.06. The largest absolute Gasteiger partial charge is 0.390 e. The number of carbonyl (C=O) groups is 1. The predicted molar refractivity (Wildman–Crippen MR) is 104 cm³/mol. The molecule has 1 aromatic heterocycles. The summed E-state index contributed by atoms with van der Waals surface area (Å²) in [5, 5.41) is 12.9. The van der Waals surface area contributed by atoms with E-state index in [4.69, 9.17) is 4.74 Å². The maximum Gasteiger partial charge on any atom is 0.330 e. The third-order valence-electron chi connectivity index (χ3n) is 4.64. The molecule has 8 heteroatoms. The summed E-state index contributed by atoms with van der Waals surface area (Å²) in [5.41, 5.74) is 0.353. The number of aromatic nitrogens is 2. The van der Waals surface area contributed by atoms with E-state index in [0.29, 0.717) is 12.0 Å². The van der Waals surface area contributed by atoms with Crippen molar-refractivity contribution in [1.29, 1.82) is 0 Å². The molecule has 148 valence electrons. The van der Waals surface area contributed by atoms with E-state index in [2.05, 4.69) is 10.3 Å². The number of ether oxygens (including phenoxy) is 1. The smallest absolute Gasteiger partial charge is 0.330 e. The van der Waals surface area contributed by atoms with Crippen LogP contribution in [-0.2, 0) is 16.0 Å². The van der Waals surface area contributed by atoms with Gasteiger partial charge in [-0.25, -0.2) is 4.79 Å². The van der Waals surface area contributed by atoms with Gasteiger partial charge in [-0.15, -0.1) is 0 Å². The highest BCUT2D eigenvalue weighted by atomic mass is 16.5. The van der Waals surface area contributed by atoms with Crippen LogP contribution in [0, 0.1) is 0 Å². The molecular weight excluding hydrogens is 362 g/mol. The zero-order valence-electron chi connectivity index (χ0n) is 15.5. The van der Waals surface area contributed by atoms with Gasteiger partial charge >= 0.3 is 5.69 Å². The molecule has 1 aliphatic heterocycles. The minimum absolute atomic E-state index is 0.106. The maximum absolute atomic E-state index is 12.1. The minimum atomic E-state index is -0.840. The summed E-state index contributed by atoms with van der Waals surface area (Å²) in [6.07, 6.45) is 3.03. The van der Waals surface area contributed by atoms with Gasteiger partial charge in [0.25, 0.3) is 5.56 Å². The van der Waals surface area contributed by atoms with E-state index >= 15 is 0 Å². The zero-order chi connectivity index (χ0) is 20.1. The van der Waals surface area contributed by atoms with Gasteiger partial charge in [0.1, 0.15) is 12.3 Å². The predicted octanol–water partition coefficient (Wildman–Crippen LogP) is 0.577. The molecular formula is C20H23N3O5. The van der Waals surface area contributed by atoms with Crippen molar-refractivity contribution in [1.82, 2.24) is 14.9 Å². The molecule has 3 N–H and O–H groups in total. The van der Waals surface area contributed by atoms with E-state index in [-0.39, 0.29) is 18.9 Å². The van der Waals surface area contributed by atoms with Gasteiger partial charge in [-0.2, -0.15) is 0 Å². The molecule has 1 saturated heterocycles. The number of carbonyl (C=O) groups excluding carboxylic acids is 1. The summed E-state index contributed by atoms with van der Waals surface area (Å²) < 4.78 is 7.02. The van der Waals surface area contributed by atoms with E-state index < -0.39 is 29.7 Å². The van der Waals surface area contributed by atoms with Crippen LogP contribution in [0.25, 0.3) is 6.08 Å². The van der Waals surface area contributed by atoms with Crippen molar-refractivity contribution in [2.24, 2.45) is 0 Å². The van der Waals surface area contributed by atoms with Crippen molar-refractivity contribution in [3.05, 3.63) is 74.6 Å². The molecule has 28 heavy (non-hydrogen) atoms. The molecule has 0 saturated carbocycles. The molecule has 0 radical (unpaired) electrons. The lowest BCUT2D eigenvalue weighted by Gasteiger charge is -2.16. The molecule has 0 bridgehead atoms. The van der Waals surface area contributed by atoms with Crippen molar-refractivity contribution in [3.8, 4) is 0 Å². The van der Waals surface area contributed by atoms with Crippen LogP contribution < -0.4 is 16.6 Å². The van der Waals surface area contributed by atoms with Gasteiger partial charge in [-0.05, 0) is 18.1 Å². The molecule has 3 atom stereocenters. The second kappa shape index (κ2) is 8.81. The molecule has 0 aliphatic carbocycles. The summed E-state index contributed by atoms with van der Waals surface area (Å²) in [7, 11) is 0. The van der Waals surface area contributed by atoms with E-state index in [1.54, 1.807) is 6.08 Å². The Morgan fingerprint density at radius 1 is 1.36 bits per heavy atom. The van der Waals surface area contributed by atoms with Crippen molar-refractivity contribution < 1.29 is 14.6 Å². The number of H-pyrrole nitrogens is 1. The Bertz CT molecular complexity index is 964. The Balaban J connectivity index is 1.60. The first-order valence-corrected chi connectivity index (χ1v) is 9.16. The summed E-state index contributed by atoms with van der Waals surface area (Å²) in [4.78, 5) is 38.0. The first-order chi connectivity index (χ1) is 13.5. The molecule has 1 amide bonds. The van der Waals surface area contributed by atoms with Crippen molar-refractivity contribution in [2.75, 3.05) is 6.54 Å². The van der Waals surface area contributed by atoms with E-state index in [0.717, 1.165) is 5.56 Å². The standard InChI is InChI=1S/C20H23N3O5/c1-2-14-12-23(20(27)22-19(14)26)18-10-15(24)16(28-18)11-21-17(25)9-8-13-6-4-3-5-7-13/h3-9,12,15-16,18,24H,2,10-11H2,1H3,(H,21,25)(H,22,26,27)/t15?,16-,18-/m0/s1. The van der Waals surface area contributed by atoms with Crippen LogP contribution in [0.15, 0.2) is 52.2 Å². The van der Waals surface area contributed by atoms with E-state index in [9.17, 15) is 19.5 Å². The quantitative estimate of drug-likeness (QED) is 0.630. The van der Waals surface area contributed by atoms with Gasteiger partial charge in [-0.3, -0.25) is 19.1 Å². The van der Waals surface area contributed by atoms with Crippen LogP contribution in [0.2, 0.25) is 0 Å². The van der Waals surface area contributed by atoms with Crippen LogP contribution >= 0.6 is 0 Å². The Morgan fingerprint density at radius 3 is 2.82 bits per heavy atom. The molecule has 2 aromatic rings. The summed E-state index contributed by atoms with van der Waals surface area (Å²) in [6.45, 7) is 1.92. The number of hydrogen-bond donors (Lipinski definition) is 3. The minimum Gasteiger partial charge on any atom is -0.390 e. The van der Waals surface area contributed by atoms with Crippen molar-refractivity contribution in [3.63, 3.8) is 0 Å². The van der Waals surface area contributed by atoms with Gasteiger partial charge in [0, 0.05) is 30.8 Å². The van der Waals surface area contributed by atoms with Gasteiger partial charge in [-0.1, -0.05) is 37.3 Å². The van der Waals surface area contributed by atoms with Crippen LogP contribution in [0.3, 0.4) is 0 Å². The number of rotatable bonds is 6. The van der Waals surface area contributed by atoms with Gasteiger partial charge in [0.05, 0.1) is 6.10 Å². The lowest BCUT2D eigenvalue weighted by Crippen LogP contribution is -2.37. The molecule has 1 unspecified atom stereocenters. The normalized spacial score (nSPS) is 21.9. The molecule has 1 aromatic carbocycles. The van der Waals surface area contributed by atoms with Crippen molar-refractivity contribution >= 4 is 12.0 Å². The van der Waals surface area contributed by atoms with Crippen LogP contribution in [0.5, 0.6) is 0 Å². The van der Waals surface area contributed by atoms with Crippen LogP contribution in [-0.4, -0.2) is 39.3 Å². The number of aromatic amines is 1. The summed E-state index contributed by atoms with van der Waals surface area (Å²) in [5.74, 6) is -0.308. The Hall–Kier alpha value is -2.97. The second-order valence-electron chi connectivity index (χ2n) is 6.60. The van der Waals surface area contributed by atoms with Crippen LogP contribution in [0.4, 0.5) is 0 Å². The maximum atomic E-state index is 12.1. The highest BCUT2D eigenvalue weighted by Crippen LogP contribution is 2.27. The third-order valence-corrected chi connectivity index (χ3v) is 4.64. The number of hydrogen-bond acceptors (Lipinski definition) is 5. The summed E-state index contributed by atoms with van der Waals surface area (Å²) in [6, 6.07) is 9.41. The molecule has 0 spiro atoms. The average molecular weight is 385 g/mol. The fourth-order valence-corrected chi connectivity index (χ4v) is 3.06. The lowest BCUT2D eigenvalue weighted by molar-refractivity contribution is -0.117. The number of nitrogens with zero attached hydrogens (tertiary/aromatic N) is 1. The molecule has 8 nitrogen and oxygen atoms in total. The lowest BCUT2D eigenvalue weighted by atomic mass is 10.1. The molecule has 1 fully saturated rings. The van der Waals surface area contributed by atoms with Crippen LogP contribution in [0.1, 0.15) is 30.7 Å². The van der Waals surface area contributed by atoms with Gasteiger partial charge in [0.2, 0.25) is 5.91 Å². The Morgan fingerprint density at radius 2 is 2.11 bits per heavy atom. The first kappa shape index (κ1) is 19.8. The topological polar surface area (TPSA) is 113 Å². The fraction of sp³-hybridized carbons (Fsp3) is 0.350. The number of nitrogens with one attached hydrogen (secondary N) is 2. The highest BCUT2D eigenvalue weighted by Gasteiger charge is 2.35. The van der Waals surface area contributed by atoms with Gasteiger partial charge < -0.3 is 15.2 Å². The number of benzene rings is 1. The molecule has 3 rings (SSSR count). The first-order valence-electron chi connectivity index (χ1n) is 9.16. The Kier molecular flexibility index (Phi) is 6.23.